The van der Waals surface area contributed by atoms with Crippen molar-refractivity contribution in [3.8, 4) is 11.3 Å². The molecule has 6 heteroatoms. The lowest BCUT2D eigenvalue weighted by atomic mass is 10.1. The molecule has 1 N–H and O–H groups in total. The van der Waals surface area contributed by atoms with Gasteiger partial charge in [-0.05, 0) is 52.2 Å². The minimum atomic E-state index is -0.107. The Morgan fingerprint density at radius 1 is 0.914 bits per heavy atom. The highest BCUT2D eigenvalue weighted by Crippen LogP contribution is 2.29. The van der Waals surface area contributed by atoms with Crippen LogP contribution in [0.4, 0.5) is 5.13 Å². The summed E-state index contributed by atoms with van der Waals surface area (Å²) in [6.07, 6.45) is 0. The first kappa shape index (κ1) is 23.1. The van der Waals surface area contributed by atoms with E-state index in [1.165, 1.54) is 10.8 Å². The van der Waals surface area contributed by atoms with Crippen LogP contribution in [0.5, 0.6) is 0 Å². The number of nitrogens with zero attached hydrogens (tertiary/aromatic N) is 2. The molecule has 1 amide bonds. The molecular weight excluding hydrogens is 474 g/mol. The Morgan fingerprint density at radius 3 is 2.51 bits per heavy atom. The van der Waals surface area contributed by atoms with E-state index in [1.54, 1.807) is 11.3 Å². The lowest BCUT2D eigenvalue weighted by Gasteiger charge is -2.16. The Hall–Kier alpha value is -3.67. The van der Waals surface area contributed by atoms with Crippen molar-refractivity contribution in [2.45, 2.75) is 13.1 Å². The number of fused-ring (bicyclic) bond motifs is 1. The molecule has 0 aliphatic rings. The van der Waals surface area contributed by atoms with Crippen LogP contribution in [0.3, 0.4) is 0 Å². The monoisotopic (exact) mass is 497 g/mol. The maximum atomic E-state index is 12.5. The average molecular weight is 498 g/mol. The third-order valence-corrected chi connectivity index (χ3v) is 7.03. The Bertz CT molecular complexity index is 1480. The maximum absolute atomic E-state index is 12.5. The van der Waals surface area contributed by atoms with Gasteiger partial charge in [0, 0.05) is 41.7 Å². The van der Waals surface area contributed by atoms with Gasteiger partial charge < -0.3 is 10.2 Å². The van der Waals surface area contributed by atoms with E-state index < -0.39 is 0 Å². The highest BCUT2D eigenvalue weighted by molar-refractivity contribution is 7.14. The molecule has 4 aromatic carbocycles. The zero-order valence-electron chi connectivity index (χ0n) is 19.2. The third kappa shape index (κ3) is 5.53. The second-order valence-electron chi connectivity index (χ2n) is 8.44. The summed E-state index contributed by atoms with van der Waals surface area (Å²) in [7, 11) is 2.04. The van der Waals surface area contributed by atoms with Crippen molar-refractivity contribution < 1.29 is 4.79 Å². The largest absolute Gasteiger partial charge is 0.348 e. The van der Waals surface area contributed by atoms with Crippen LogP contribution in [0.15, 0.2) is 96.4 Å². The van der Waals surface area contributed by atoms with Gasteiger partial charge in [0.25, 0.3) is 5.91 Å². The molecule has 4 nitrogen and oxygen atoms in total. The van der Waals surface area contributed by atoms with Gasteiger partial charge in [0.05, 0.1) is 5.69 Å². The SMILES string of the molecule is CN(Cc1ccc(C(=O)NCc2cccc(Cl)c2)cc1)c1nc(-c2ccc3ccccc3c2)cs1. The summed E-state index contributed by atoms with van der Waals surface area (Å²) in [5.74, 6) is -0.107. The van der Waals surface area contributed by atoms with E-state index in [4.69, 9.17) is 16.6 Å². The number of aromatic nitrogens is 1. The van der Waals surface area contributed by atoms with Crippen molar-refractivity contribution in [3.63, 3.8) is 0 Å². The van der Waals surface area contributed by atoms with Gasteiger partial charge in [-0.1, -0.05) is 72.3 Å². The minimum Gasteiger partial charge on any atom is -0.348 e. The Labute approximate surface area is 213 Å². The highest BCUT2D eigenvalue weighted by Gasteiger charge is 2.11. The molecular formula is C29H24ClN3OS. The summed E-state index contributed by atoms with van der Waals surface area (Å²) in [6, 6.07) is 30.0. The van der Waals surface area contributed by atoms with Crippen molar-refractivity contribution in [2.24, 2.45) is 0 Å². The van der Waals surface area contributed by atoms with E-state index in [0.29, 0.717) is 23.7 Å². The number of benzene rings is 4. The molecule has 5 aromatic rings. The van der Waals surface area contributed by atoms with Crippen molar-refractivity contribution >= 4 is 44.7 Å². The van der Waals surface area contributed by atoms with Crippen molar-refractivity contribution in [1.29, 1.82) is 0 Å². The summed E-state index contributed by atoms with van der Waals surface area (Å²) in [6.45, 7) is 1.14. The van der Waals surface area contributed by atoms with Crippen LogP contribution in [0.1, 0.15) is 21.5 Å². The molecule has 0 radical (unpaired) electrons. The molecule has 35 heavy (non-hydrogen) atoms. The second-order valence-corrected chi connectivity index (χ2v) is 9.72. The van der Waals surface area contributed by atoms with Gasteiger partial charge in [0.2, 0.25) is 0 Å². The molecule has 5 rings (SSSR count). The number of amides is 1. The molecule has 0 atom stereocenters. The fourth-order valence-corrected chi connectivity index (χ4v) is 4.97. The molecule has 174 valence electrons. The number of hydrogen-bond acceptors (Lipinski definition) is 4. The molecule has 0 unspecified atom stereocenters. The standard InChI is InChI=1S/C29H24ClN3OS/c1-33(29-32-27(19-35-29)25-14-13-22-6-2-3-7-24(22)16-25)18-20-9-11-23(12-10-20)28(34)31-17-21-5-4-8-26(30)15-21/h2-16,19H,17-18H2,1H3,(H,31,34). The molecule has 0 fully saturated rings. The number of carbonyl (C=O) groups excluding carboxylic acids is 1. The quantitative estimate of drug-likeness (QED) is 0.259. The Morgan fingerprint density at radius 2 is 1.71 bits per heavy atom. The van der Waals surface area contributed by atoms with Crippen LogP contribution in [-0.2, 0) is 13.1 Å². The molecule has 0 aliphatic carbocycles. The van der Waals surface area contributed by atoms with Gasteiger partial charge >= 0.3 is 0 Å². The van der Waals surface area contributed by atoms with E-state index >= 15 is 0 Å². The van der Waals surface area contributed by atoms with E-state index in [0.717, 1.165) is 27.5 Å². The van der Waals surface area contributed by atoms with E-state index in [9.17, 15) is 4.79 Å². The predicted octanol–water partition coefficient (Wildman–Crippen LogP) is 7.18. The molecule has 1 aromatic heterocycles. The minimum absolute atomic E-state index is 0.107. The number of rotatable bonds is 7. The van der Waals surface area contributed by atoms with Crippen LogP contribution in [0.25, 0.3) is 22.0 Å². The zero-order valence-corrected chi connectivity index (χ0v) is 20.8. The number of carbonyl (C=O) groups is 1. The fourth-order valence-electron chi connectivity index (χ4n) is 3.96. The Balaban J connectivity index is 1.21. The first-order valence-corrected chi connectivity index (χ1v) is 12.6. The first-order valence-electron chi connectivity index (χ1n) is 11.3. The first-order chi connectivity index (χ1) is 17.0. The van der Waals surface area contributed by atoms with Crippen LogP contribution in [-0.4, -0.2) is 17.9 Å². The molecule has 1 heterocycles. The summed E-state index contributed by atoms with van der Waals surface area (Å²) < 4.78 is 0. The van der Waals surface area contributed by atoms with Gasteiger partial charge in [-0.2, -0.15) is 0 Å². The lowest BCUT2D eigenvalue weighted by molar-refractivity contribution is 0.0951. The summed E-state index contributed by atoms with van der Waals surface area (Å²) in [4.78, 5) is 19.5. The van der Waals surface area contributed by atoms with Crippen LogP contribution in [0, 0.1) is 0 Å². The van der Waals surface area contributed by atoms with Crippen molar-refractivity contribution in [2.75, 3.05) is 11.9 Å². The van der Waals surface area contributed by atoms with E-state index in [2.05, 4.69) is 58.1 Å². The maximum Gasteiger partial charge on any atom is 0.251 e. The summed E-state index contributed by atoms with van der Waals surface area (Å²) in [5, 5.41) is 9.10. The molecule has 0 saturated carbocycles. The van der Waals surface area contributed by atoms with Crippen LogP contribution in [0.2, 0.25) is 5.02 Å². The summed E-state index contributed by atoms with van der Waals surface area (Å²) in [5.41, 5.74) is 4.81. The number of halogens is 1. The average Bonchev–Trinajstić information content (AvgIpc) is 3.38. The smallest absolute Gasteiger partial charge is 0.251 e. The van der Waals surface area contributed by atoms with Gasteiger partial charge in [-0.15, -0.1) is 11.3 Å². The van der Waals surface area contributed by atoms with Crippen molar-refractivity contribution in [1.82, 2.24) is 10.3 Å². The topological polar surface area (TPSA) is 45.2 Å². The number of anilines is 1. The lowest BCUT2D eigenvalue weighted by Crippen LogP contribution is -2.23. The number of hydrogen-bond donors (Lipinski definition) is 1. The molecule has 0 bridgehead atoms. The zero-order chi connectivity index (χ0) is 24.2. The van der Waals surface area contributed by atoms with Gasteiger partial charge in [-0.25, -0.2) is 4.98 Å². The predicted molar refractivity (Wildman–Crippen MR) is 146 cm³/mol. The molecule has 0 saturated heterocycles. The van der Waals surface area contributed by atoms with Crippen LogP contribution < -0.4 is 10.2 Å². The third-order valence-electron chi connectivity index (χ3n) is 5.84. The summed E-state index contributed by atoms with van der Waals surface area (Å²) >= 11 is 7.65. The van der Waals surface area contributed by atoms with Gasteiger partial charge in [-0.3, -0.25) is 4.79 Å². The van der Waals surface area contributed by atoms with E-state index in [1.807, 2.05) is 55.6 Å². The second kappa shape index (κ2) is 10.3. The highest BCUT2D eigenvalue weighted by atomic mass is 35.5. The molecule has 0 spiro atoms. The normalized spacial score (nSPS) is 10.9. The number of nitrogens with one attached hydrogen (secondary N) is 1. The van der Waals surface area contributed by atoms with Gasteiger partial charge in [0.1, 0.15) is 0 Å². The van der Waals surface area contributed by atoms with E-state index in [-0.39, 0.29) is 5.91 Å². The van der Waals surface area contributed by atoms with Gasteiger partial charge in [0.15, 0.2) is 5.13 Å². The van der Waals surface area contributed by atoms with Crippen LogP contribution >= 0.6 is 22.9 Å². The fraction of sp³-hybridized carbons (Fsp3) is 0.103. The van der Waals surface area contributed by atoms with Crippen molar-refractivity contribution in [3.05, 3.63) is 118 Å². The number of thiazole rings is 1. The molecule has 0 aliphatic heterocycles. The Kier molecular flexibility index (Phi) is 6.80.